The fourth-order valence-electron chi connectivity index (χ4n) is 1.72. The first kappa shape index (κ1) is 20.3. The van der Waals surface area contributed by atoms with E-state index in [-0.39, 0.29) is 68.0 Å². The van der Waals surface area contributed by atoms with E-state index in [2.05, 4.69) is 0 Å². The molecule has 0 fully saturated rings. The summed E-state index contributed by atoms with van der Waals surface area (Å²) < 4.78 is 56.8. The van der Waals surface area contributed by atoms with Gasteiger partial charge in [0.2, 0.25) is 0 Å². The summed E-state index contributed by atoms with van der Waals surface area (Å²) in [7, 11) is 0. The van der Waals surface area contributed by atoms with E-state index in [1.807, 2.05) is 0 Å². The number of hydrogen-bond donors (Lipinski definition) is 0. The summed E-state index contributed by atoms with van der Waals surface area (Å²) in [6.07, 6.45) is 0. The summed E-state index contributed by atoms with van der Waals surface area (Å²) in [5.74, 6) is -1.38. The van der Waals surface area contributed by atoms with Crippen LogP contribution in [-0.4, -0.2) is 6.98 Å². The maximum absolute atomic E-state index is 13.1. The second-order valence-electron chi connectivity index (χ2n) is 4.26. The smallest absolute Gasteiger partial charge is 0.492 e. The van der Waals surface area contributed by atoms with Gasteiger partial charge in [-0.25, -0.2) is 4.39 Å². The van der Waals surface area contributed by atoms with Gasteiger partial charge in [0.05, 0.1) is 15.8 Å². The third kappa shape index (κ3) is 5.12. The van der Waals surface area contributed by atoms with Gasteiger partial charge in [-0.05, 0) is 12.1 Å². The predicted octanol–water partition coefficient (Wildman–Crippen LogP) is 1.77. The summed E-state index contributed by atoms with van der Waals surface area (Å²) in [6, 6.07) is 6.79. The van der Waals surface area contributed by atoms with Crippen molar-refractivity contribution in [2.45, 2.75) is 6.61 Å². The minimum absolute atomic E-state index is 0. The van der Waals surface area contributed by atoms with Gasteiger partial charge >= 0.3 is 58.4 Å². The monoisotopic (exact) mass is 376 g/mol. The first-order valence-corrected chi connectivity index (χ1v) is 6.59. The molecular formula is C13H8BCl2F4KO. The van der Waals surface area contributed by atoms with Crippen LogP contribution in [0.5, 0.6) is 5.75 Å². The van der Waals surface area contributed by atoms with E-state index >= 15 is 0 Å². The van der Waals surface area contributed by atoms with Gasteiger partial charge in [0.1, 0.15) is 12.4 Å². The van der Waals surface area contributed by atoms with Gasteiger partial charge in [0, 0.05) is 11.6 Å². The molecule has 0 unspecified atom stereocenters. The van der Waals surface area contributed by atoms with E-state index in [1.54, 1.807) is 18.2 Å². The molecule has 0 bridgehead atoms. The minimum atomic E-state index is -5.30. The van der Waals surface area contributed by atoms with Crippen molar-refractivity contribution in [1.82, 2.24) is 0 Å². The summed E-state index contributed by atoms with van der Waals surface area (Å²) in [6.45, 7) is -5.55. The Hall–Kier alpha value is 0.241. The van der Waals surface area contributed by atoms with Crippen molar-refractivity contribution in [3.05, 3.63) is 57.8 Å². The SMILES string of the molecule is Fc1ccc([B-](F)(F)F)c(OCc2cccc(Cl)c2Cl)c1.[K+]. The molecule has 0 saturated carbocycles. The van der Waals surface area contributed by atoms with Crippen molar-refractivity contribution in [1.29, 1.82) is 0 Å². The molecule has 0 aliphatic heterocycles. The van der Waals surface area contributed by atoms with E-state index in [4.69, 9.17) is 27.9 Å². The molecule has 22 heavy (non-hydrogen) atoms. The normalized spacial score (nSPS) is 11.0. The molecule has 0 radical (unpaired) electrons. The molecule has 0 aliphatic carbocycles. The number of benzene rings is 2. The Balaban J connectivity index is 0.00000242. The molecule has 0 atom stereocenters. The maximum Gasteiger partial charge on any atom is 1.00 e. The van der Waals surface area contributed by atoms with Crippen LogP contribution in [0.4, 0.5) is 17.3 Å². The van der Waals surface area contributed by atoms with Crippen LogP contribution < -0.4 is 61.6 Å². The molecule has 2 aromatic carbocycles. The zero-order valence-electron chi connectivity index (χ0n) is 11.4. The Morgan fingerprint density at radius 2 is 1.73 bits per heavy atom. The standard InChI is InChI=1S/C13H8BCl2F4O.K/c15-11-3-1-2-8(13(11)16)7-21-12-6-9(17)4-5-10(12)14(18,19)20;/h1-6H,7H2;/q-1;+1. The van der Waals surface area contributed by atoms with Crippen LogP contribution in [0.3, 0.4) is 0 Å². The number of rotatable bonds is 4. The fourth-order valence-corrected chi connectivity index (χ4v) is 2.09. The van der Waals surface area contributed by atoms with Crippen molar-refractivity contribution in [3.63, 3.8) is 0 Å². The van der Waals surface area contributed by atoms with Gasteiger partial charge in [-0.2, -0.15) is 0 Å². The molecular weight excluding hydrogens is 369 g/mol. The molecule has 0 amide bonds. The zero-order valence-corrected chi connectivity index (χ0v) is 16.1. The van der Waals surface area contributed by atoms with Crippen LogP contribution in [0, 0.1) is 5.82 Å². The molecule has 112 valence electrons. The van der Waals surface area contributed by atoms with E-state index in [0.29, 0.717) is 17.7 Å². The zero-order chi connectivity index (χ0) is 15.6. The van der Waals surface area contributed by atoms with Crippen LogP contribution in [0.15, 0.2) is 36.4 Å². The number of halogens is 6. The molecule has 0 spiro atoms. The summed E-state index contributed by atoms with van der Waals surface area (Å²) in [5, 5.41) is 0.451. The molecule has 9 heteroatoms. The quantitative estimate of drug-likeness (QED) is 0.583. The Morgan fingerprint density at radius 3 is 2.36 bits per heavy atom. The van der Waals surface area contributed by atoms with Gasteiger partial charge in [0.15, 0.2) is 0 Å². The number of hydrogen-bond acceptors (Lipinski definition) is 1. The predicted molar refractivity (Wildman–Crippen MR) is 75.9 cm³/mol. The maximum atomic E-state index is 13.1. The van der Waals surface area contributed by atoms with Crippen molar-refractivity contribution in [2.75, 3.05) is 0 Å². The second-order valence-corrected chi connectivity index (χ2v) is 5.04. The Bertz CT molecular complexity index is 667. The van der Waals surface area contributed by atoms with Crippen molar-refractivity contribution >= 4 is 35.6 Å². The van der Waals surface area contributed by atoms with Crippen molar-refractivity contribution in [2.24, 2.45) is 0 Å². The average molecular weight is 377 g/mol. The van der Waals surface area contributed by atoms with Gasteiger partial charge in [-0.3, -0.25) is 0 Å². The van der Waals surface area contributed by atoms with Gasteiger partial charge in [-0.1, -0.05) is 46.9 Å². The molecule has 0 heterocycles. The topological polar surface area (TPSA) is 9.23 Å². The van der Waals surface area contributed by atoms with Crippen LogP contribution in [-0.2, 0) is 6.61 Å². The average Bonchev–Trinajstić information content (AvgIpc) is 2.39. The van der Waals surface area contributed by atoms with E-state index < -0.39 is 24.0 Å². The third-order valence-electron chi connectivity index (χ3n) is 2.74. The van der Waals surface area contributed by atoms with Crippen LogP contribution in [0.1, 0.15) is 5.56 Å². The van der Waals surface area contributed by atoms with Gasteiger partial charge < -0.3 is 17.7 Å². The first-order valence-electron chi connectivity index (χ1n) is 5.84. The Labute approximate surface area is 177 Å². The molecule has 0 aromatic heterocycles. The summed E-state index contributed by atoms with van der Waals surface area (Å²) in [5.41, 5.74) is -0.580. The van der Waals surface area contributed by atoms with Crippen LogP contribution >= 0.6 is 23.2 Å². The van der Waals surface area contributed by atoms with Crippen LogP contribution in [0.2, 0.25) is 10.0 Å². The first-order chi connectivity index (χ1) is 9.79. The van der Waals surface area contributed by atoms with Gasteiger partial charge in [-0.15, -0.1) is 0 Å². The summed E-state index contributed by atoms with van der Waals surface area (Å²) in [4.78, 5) is 0. The molecule has 2 rings (SSSR count). The fraction of sp³-hybridized carbons (Fsp3) is 0.0769. The third-order valence-corrected chi connectivity index (χ3v) is 3.60. The van der Waals surface area contributed by atoms with Crippen LogP contribution in [0.25, 0.3) is 0 Å². The minimum Gasteiger partial charge on any atom is -0.492 e. The van der Waals surface area contributed by atoms with Gasteiger partial charge in [0.25, 0.3) is 0 Å². The summed E-state index contributed by atoms with van der Waals surface area (Å²) >= 11 is 11.7. The molecule has 0 saturated heterocycles. The molecule has 0 N–H and O–H groups in total. The van der Waals surface area contributed by atoms with E-state index in [0.717, 1.165) is 6.07 Å². The molecule has 1 nitrogen and oxygen atoms in total. The molecule has 2 aromatic rings. The second kappa shape index (κ2) is 8.37. The van der Waals surface area contributed by atoms with Crippen molar-refractivity contribution < 1.29 is 73.5 Å². The Morgan fingerprint density at radius 1 is 1.05 bits per heavy atom. The largest absolute Gasteiger partial charge is 1.00 e. The molecule has 0 aliphatic rings. The van der Waals surface area contributed by atoms with E-state index in [1.165, 1.54) is 0 Å². The van der Waals surface area contributed by atoms with Crippen molar-refractivity contribution in [3.8, 4) is 5.75 Å². The number of ether oxygens (including phenoxy) is 1. The Kier molecular flexibility index (Phi) is 7.72. The van der Waals surface area contributed by atoms with E-state index in [9.17, 15) is 17.3 Å².